The fraction of sp³-hybridized carbons (Fsp3) is 0.615. The Labute approximate surface area is 122 Å². The van der Waals surface area contributed by atoms with Crippen molar-refractivity contribution in [2.75, 3.05) is 32.8 Å². The molecule has 0 aromatic carbocycles. The first-order chi connectivity index (χ1) is 9.70. The van der Waals surface area contributed by atoms with Gasteiger partial charge < -0.3 is 14.5 Å². The number of aromatic nitrogens is 1. The predicted molar refractivity (Wildman–Crippen MR) is 75.6 cm³/mol. The van der Waals surface area contributed by atoms with Gasteiger partial charge in [-0.25, -0.2) is 9.78 Å². The van der Waals surface area contributed by atoms with Gasteiger partial charge in [0.1, 0.15) is 0 Å². The molecule has 1 aromatic heterocycles. The van der Waals surface area contributed by atoms with Crippen molar-refractivity contribution >= 4 is 23.3 Å². The summed E-state index contributed by atoms with van der Waals surface area (Å²) >= 11 is 1.54. The summed E-state index contributed by atoms with van der Waals surface area (Å²) in [7, 11) is 0. The number of piperazine rings is 1. The van der Waals surface area contributed by atoms with Gasteiger partial charge in [0.25, 0.3) is 0 Å². The van der Waals surface area contributed by atoms with E-state index in [1.165, 1.54) is 0 Å². The monoisotopic (exact) mass is 297 g/mol. The van der Waals surface area contributed by atoms with Crippen LogP contribution in [0.4, 0.5) is 4.79 Å². The molecule has 20 heavy (non-hydrogen) atoms. The molecule has 0 unspecified atom stereocenters. The summed E-state index contributed by atoms with van der Waals surface area (Å²) in [4.78, 5) is 31.2. The van der Waals surface area contributed by atoms with E-state index < -0.39 is 0 Å². The SMILES string of the molecule is CCOC(=O)N1CCN(C(=O)CCc2cscn2)CC1. The van der Waals surface area contributed by atoms with E-state index in [2.05, 4.69) is 4.98 Å². The van der Waals surface area contributed by atoms with E-state index in [9.17, 15) is 9.59 Å². The van der Waals surface area contributed by atoms with Crippen LogP contribution in [0, 0.1) is 0 Å². The minimum Gasteiger partial charge on any atom is -0.450 e. The molecule has 0 N–H and O–H groups in total. The van der Waals surface area contributed by atoms with Gasteiger partial charge in [0.15, 0.2) is 0 Å². The van der Waals surface area contributed by atoms with Crippen LogP contribution in [0.3, 0.4) is 0 Å². The smallest absolute Gasteiger partial charge is 0.409 e. The Balaban J connectivity index is 1.73. The van der Waals surface area contributed by atoms with Crippen LogP contribution >= 0.6 is 11.3 Å². The van der Waals surface area contributed by atoms with Gasteiger partial charge in [-0.3, -0.25) is 4.79 Å². The molecule has 0 bridgehead atoms. The Morgan fingerprint density at radius 1 is 1.30 bits per heavy atom. The van der Waals surface area contributed by atoms with Crippen molar-refractivity contribution in [3.63, 3.8) is 0 Å². The highest BCUT2D eigenvalue weighted by Crippen LogP contribution is 2.09. The standard InChI is InChI=1S/C13H19N3O3S/c1-2-19-13(18)16-7-5-15(6-8-16)12(17)4-3-11-9-20-10-14-11/h9-10H,2-8H2,1H3. The summed E-state index contributed by atoms with van der Waals surface area (Å²) < 4.78 is 4.95. The summed E-state index contributed by atoms with van der Waals surface area (Å²) in [5.74, 6) is 0.126. The van der Waals surface area contributed by atoms with E-state index in [4.69, 9.17) is 4.74 Å². The molecule has 0 radical (unpaired) electrons. The molecule has 110 valence electrons. The molecule has 0 saturated carbocycles. The molecular formula is C13H19N3O3S. The van der Waals surface area contributed by atoms with Crippen LogP contribution in [0.2, 0.25) is 0 Å². The van der Waals surface area contributed by atoms with Gasteiger partial charge in [-0.2, -0.15) is 0 Å². The lowest BCUT2D eigenvalue weighted by molar-refractivity contribution is -0.132. The molecule has 1 saturated heterocycles. The van der Waals surface area contributed by atoms with E-state index in [0.717, 1.165) is 5.69 Å². The van der Waals surface area contributed by atoms with Gasteiger partial charge in [-0.05, 0) is 13.3 Å². The van der Waals surface area contributed by atoms with E-state index in [1.54, 1.807) is 28.7 Å². The highest BCUT2D eigenvalue weighted by Gasteiger charge is 2.24. The molecule has 1 fully saturated rings. The molecular weight excluding hydrogens is 278 g/mol. The van der Waals surface area contributed by atoms with E-state index in [0.29, 0.717) is 45.6 Å². The number of aryl methyl sites for hydroxylation is 1. The van der Waals surface area contributed by atoms with Crippen molar-refractivity contribution < 1.29 is 14.3 Å². The van der Waals surface area contributed by atoms with Crippen molar-refractivity contribution in [2.45, 2.75) is 19.8 Å². The Morgan fingerprint density at radius 3 is 2.60 bits per heavy atom. The van der Waals surface area contributed by atoms with Gasteiger partial charge >= 0.3 is 6.09 Å². The predicted octanol–water partition coefficient (Wildman–Crippen LogP) is 1.38. The third-order valence-electron chi connectivity index (χ3n) is 3.24. The third-order valence-corrected chi connectivity index (χ3v) is 3.87. The van der Waals surface area contributed by atoms with Crippen LogP contribution in [0.1, 0.15) is 19.0 Å². The van der Waals surface area contributed by atoms with Crippen molar-refractivity contribution in [1.82, 2.24) is 14.8 Å². The maximum Gasteiger partial charge on any atom is 0.409 e. The maximum absolute atomic E-state index is 12.1. The molecule has 1 aliphatic heterocycles. The second-order valence-electron chi connectivity index (χ2n) is 4.55. The number of nitrogens with zero attached hydrogens (tertiary/aromatic N) is 3. The Kier molecular flexibility index (Phi) is 5.34. The molecule has 7 heteroatoms. The second-order valence-corrected chi connectivity index (χ2v) is 5.27. The maximum atomic E-state index is 12.1. The molecule has 1 aliphatic rings. The van der Waals surface area contributed by atoms with Crippen molar-refractivity contribution in [2.24, 2.45) is 0 Å². The number of rotatable bonds is 4. The molecule has 6 nitrogen and oxygen atoms in total. The van der Waals surface area contributed by atoms with Crippen molar-refractivity contribution in [3.8, 4) is 0 Å². The highest BCUT2D eigenvalue weighted by molar-refractivity contribution is 7.07. The average molecular weight is 297 g/mol. The first-order valence-electron chi connectivity index (χ1n) is 6.77. The second kappa shape index (κ2) is 7.23. The van der Waals surface area contributed by atoms with Gasteiger partial charge in [-0.15, -0.1) is 11.3 Å². The number of hydrogen-bond donors (Lipinski definition) is 0. The molecule has 0 spiro atoms. The van der Waals surface area contributed by atoms with E-state index in [1.807, 2.05) is 10.3 Å². The quantitative estimate of drug-likeness (QED) is 0.842. The van der Waals surface area contributed by atoms with E-state index >= 15 is 0 Å². The largest absolute Gasteiger partial charge is 0.450 e. The Hall–Kier alpha value is -1.63. The van der Waals surface area contributed by atoms with Crippen LogP contribution in [0.15, 0.2) is 10.9 Å². The summed E-state index contributed by atoms with van der Waals surface area (Å²) in [5, 5.41) is 1.96. The minimum atomic E-state index is -0.290. The molecule has 2 rings (SSSR count). The van der Waals surface area contributed by atoms with Crippen molar-refractivity contribution in [1.29, 1.82) is 0 Å². The number of carbonyl (C=O) groups is 2. The molecule has 2 heterocycles. The number of ether oxygens (including phenoxy) is 1. The highest BCUT2D eigenvalue weighted by atomic mass is 32.1. The van der Waals surface area contributed by atoms with Crippen LogP contribution in [-0.4, -0.2) is 59.6 Å². The van der Waals surface area contributed by atoms with Crippen LogP contribution in [0.25, 0.3) is 0 Å². The number of hydrogen-bond acceptors (Lipinski definition) is 5. The zero-order valence-corrected chi connectivity index (χ0v) is 12.4. The first-order valence-corrected chi connectivity index (χ1v) is 7.71. The number of thiazole rings is 1. The third kappa shape index (κ3) is 3.93. The van der Waals surface area contributed by atoms with Crippen molar-refractivity contribution in [3.05, 3.63) is 16.6 Å². The number of amides is 2. The first kappa shape index (κ1) is 14.8. The van der Waals surface area contributed by atoms with Gasteiger partial charge in [0.05, 0.1) is 17.8 Å². The van der Waals surface area contributed by atoms with Crippen LogP contribution in [0.5, 0.6) is 0 Å². The Morgan fingerprint density at radius 2 is 2.00 bits per heavy atom. The lowest BCUT2D eigenvalue weighted by Gasteiger charge is -2.34. The fourth-order valence-electron chi connectivity index (χ4n) is 2.11. The summed E-state index contributed by atoms with van der Waals surface area (Å²) in [6, 6.07) is 0. The van der Waals surface area contributed by atoms with E-state index in [-0.39, 0.29) is 12.0 Å². The molecule has 0 aliphatic carbocycles. The van der Waals surface area contributed by atoms with Gasteiger partial charge in [0.2, 0.25) is 5.91 Å². The van der Waals surface area contributed by atoms with Crippen LogP contribution in [-0.2, 0) is 16.0 Å². The molecule has 1 aromatic rings. The lowest BCUT2D eigenvalue weighted by atomic mass is 10.2. The fourth-order valence-corrected chi connectivity index (χ4v) is 2.70. The topological polar surface area (TPSA) is 62.7 Å². The average Bonchev–Trinajstić information content (AvgIpc) is 2.98. The minimum absolute atomic E-state index is 0.126. The Bertz CT molecular complexity index is 442. The summed E-state index contributed by atoms with van der Waals surface area (Å²) in [6.45, 7) is 4.41. The van der Waals surface area contributed by atoms with Crippen LogP contribution < -0.4 is 0 Å². The zero-order chi connectivity index (χ0) is 14.4. The molecule has 0 atom stereocenters. The van der Waals surface area contributed by atoms with Gasteiger partial charge in [-0.1, -0.05) is 0 Å². The molecule has 2 amide bonds. The summed E-state index contributed by atoms with van der Waals surface area (Å²) in [5.41, 5.74) is 2.74. The lowest BCUT2D eigenvalue weighted by Crippen LogP contribution is -2.50. The number of carbonyl (C=O) groups excluding carboxylic acids is 2. The summed E-state index contributed by atoms with van der Waals surface area (Å²) in [6.07, 6.45) is 0.867. The van der Waals surface area contributed by atoms with Gasteiger partial charge in [0, 0.05) is 38.0 Å². The zero-order valence-electron chi connectivity index (χ0n) is 11.6. The normalized spacial score (nSPS) is 15.2.